The van der Waals surface area contributed by atoms with Gasteiger partial charge >= 0.3 is 0 Å². The number of Topliss-reactive ketones (excluding diaryl/α,β-unsaturated/α-hetero) is 1. The zero-order valence-electron chi connectivity index (χ0n) is 16.8. The van der Waals surface area contributed by atoms with Crippen molar-refractivity contribution in [1.29, 1.82) is 5.26 Å². The molecule has 2 aliphatic rings. The van der Waals surface area contributed by atoms with Crippen LogP contribution in [0.1, 0.15) is 41.9 Å². The van der Waals surface area contributed by atoms with E-state index in [0.717, 1.165) is 28.8 Å². The summed E-state index contributed by atoms with van der Waals surface area (Å²) >= 11 is 12.5. The molecule has 4 rings (SSSR count). The van der Waals surface area contributed by atoms with Gasteiger partial charge in [0, 0.05) is 27.7 Å². The molecule has 0 spiro atoms. The molecule has 1 aliphatic heterocycles. The smallest absolute Gasteiger partial charge is 0.161 e. The predicted molar refractivity (Wildman–Crippen MR) is 120 cm³/mol. The molecule has 2 N–H and O–H groups in total. The Bertz CT molecular complexity index is 1150. The van der Waals surface area contributed by atoms with Crippen molar-refractivity contribution in [3.05, 3.63) is 85.8 Å². The molecule has 2 aromatic carbocycles. The lowest BCUT2D eigenvalue weighted by atomic mass is 9.74. The number of anilines is 1. The Balaban J connectivity index is 2.02. The second-order valence-corrected chi connectivity index (χ2v) is 8.68. The molecule has 1 atom stereocenters. The number of nitrogens with two attached hydrogens (primary N) is 1. The van der Waals surface area contributed by atoms with Crippen molar-refractivity contribution in [2.24, 2.45) is 5.73 Å². The number of aryl methyl sites for hydroxylation is 2. The fourth-order valence-electron chi connectivity index (χ4n) is 4.43. The van der Waals surface area contributed by atoms with Gasteiger partial charge in [-0.05, 0) is 56.0 Å². The number of benzene rings is 2. The number of hydrogen-bond acceptors (Lipinski definition) is 4. The van der Waals surface area contributed by atoms with E-state index in [0.29, 0.717) is 45.5 Å². The van der Waals surface area contributed by atoms with Crippen LogP contribution in [-0.2, 0) is 4.79 Å². The highest BCUT2D eigenvalue weighted by Gasteiger charge is 2.40. The number of carbonyl (C=O) groups is 1. The number of rotatable bonds is 2. The summed E-state index contributed by atoms with van der Waals surface area (Å²) in [6.07, 6.45) is 1.88. The van der Waals surface area contributed by atoms with Gasteiger partial charge < -0.3 is 5.73 Å². The average molecular weight is 438 g/mol. The van der Waals surface area contributed by atoms with E-state index >= 15 is 0 Å². The van der Waals surface area contributed by atoms with Crippen molar-refractivity contribution in [2.45, 2.75) is 39.0 Å². The van der Waals surface area contributed by atoms with Crippen LogP contribution < -0.4 is 10.6 Å². The molecule has 2 aromatic rings. The van der Waals surface area contributed by atoms with Crippen LogP contribution in [0.15, 0.2) is 59.1 Å². The fraction of sp³-hybridized carbons (Fsp3) is 0.250. The Labute approximate surface area is 186 Å². The number of nitrogens with zero attached hydrogens (tertiary/aromatic N) is 2. The van der Waals surface area contributed by atoms with Crippen LogP contribution in [0.2, 0.25) is 10.0 Å². The van der Waals surface area contributed by atoms with E-state index in [4.69, 9.17) is 28.9 Å². The Morgan fingerprint density at radius 1 is 1.10 bits per heavy atom. The molecular formula is C24H21Cl2N3O. The molecule has 0 saturated heterocycles. The first-order chi connectivity index (χ1) is 14.3. The van der Waals surface area contributed by atoms with Crippen molar-refractivity contribution in [1.82, 2.24) is 0 Å². The lowest BCUT2D eigenvalue weighted by Crippen LogP contribution is -2.38. The summed E-state index contributed by atoms with van der Waals surface area (Å²) < 4.78 is 0. The molecule has 1 unspecified atom stereocenters. The quantitative estimate of drug-likeness (QED) is 0.633. The second-order valence-electron chi connectivity index (χ2n) is 7.80. The van der Waals surface area contributed by atoms with Crippen molar-refractivity contribution < 1.29 is 4.79 Å². The molecule has 0 aromatic heterocycles. The first kappa shape index (κ1) is 20.5. The summed E-state index contributed by atoms with van der Waals surface area (Å²) in [5, 5.41) is 11.0. The summed E-state index contributed by atoms with van der Waals surface area (Å²) in [5.41, 5.74) is 12.1. The molecule has 1 aliphatic carbocycles. The normalized spacial score (nSPS) is 19.1. The first-order valence-electron chi connectivity index (χ1n) is 9.81. The van der Waals surface area contributed by atoms with E-state index in [1.54, 1.807) is 23.1 Å². The fourth-order valence-corrected chi connectivity index (χ4v) is 4.95. The third-order valence-electron chi connectivity index (χ3n) is 5.76. The molecule has 6 heteroatoms. The van der Waals surface area contributed by atoms with E-state index in [2.05, 4.69) is 6.07 Å². The van der Waals surface area contributed by atoms with E-state index in [1.165, 1.54) is 0 Å². The van der Waals surface area contributed by atoms with E-state index < -0.39 is 5.92 Å². The molecule has 0 amide bonds. The number of allylic oxidation sites excluding steroid dienone is 3. The Morgan fingerprint density at radius 2 is 1.80 bits per heavy atom. The van der Waals surface area contributed by atoms with Crippen molar-refractivity contribution >= 4 is 34.7 Å². The molecule has 0 saturated carbocycles. The summed E-state index contributed by atoms with van der Waals surface area (Å²) in [6.45, 7) is 4.00. The SMILES string of the molecule is Cc1ccc(C)c(C2C(C#N)=C(N)N(c3cc(Cl)cc(Cl)c3)C3=C2C(=O)CCC3)c1. The number of hydrogen-bond donors (Lipinski definition) is 1. The molecule has 4 nitrogen and oxygen atoms in total. The van der Waals surface area contributed by atoms with E-state index in [-0.39, 0.29) is 5.78 Å². The van der Waals surface area contributed by atoms with Crippen LogP contribution in [0.25, 0.3) is 0 Å². The van der Waals surface area contributed by atoms with Crippen LogP contribution in [0.4, 0.5) is 5.69 Å². The summed E-state index contributed by atoms with van der Waals surface area (Å²) in [5.74, 6) is -0.0978. The van der Waals surface area contributed by atoms with Crippen LogP contribution in [-0.4, -0.2) is 5.78 Å². The number of nitriles is 1. The summed E-state index contributed by atoms with van der Waals surface area (Å²) in [6, 6.07) is 13.5. The molecule has 0 fully saturated rings. The molecular weight excluding hydrogens is 417 g/mol. The minimum atomic E-state index is -0.469. The van der Waals surface area contributed by atoms with Gasteiger partial charge in [0.2, 0.25) is 0 Å². The molecule has 152 valence electrons. The largest absolute Gasteiger partial charge is 0.384 e. The van der Waals surface area contributed by atoms with Crippen molar-refractivity contribution in [2.75, 3.05) is 4.90 Å². The van der Waals surface area contributed by atoms with Gasteiger partial charge in [-0.2, -0.15) is 5.26 Å². The van der Waals surface area contributed by atoms with Gasteiger partial charge in [-0.3, -0.25) is 9.69 Å². The zero-order valence-corrected chi connectivity index (χ0v) is 18.3. The van der Waals surface area contributed by atoms with Gasteiger partial charge in [0.05, 0.1) is 23.2 Å². The third-order valence-corrected chi connectivity index (χ3v) is 6.20. The van der Waals surface area contributed by atoms with Crippen molar-refractivity contribution in [3.8, 4) is 6.07 Å². The standard InChI is InChI=1S/C24H21Cl2N3O/c1-13-6-7-14(2)18(8-13)22-19(12-27)24(28)29(17-10-15(25)9-16(26)11-17)20-4-3-5-21(30)23(20)22/h6-11,22H,3-5,28H2,1-2H3. The highest BCUT2D eigenvalue weighted by atomic mass is 35.5. The van der Waals surface area contributed by atoms with Gasteiger partial charge in [-0.1, -0.05) is 47.0 Å². The lowest BCUT2D eigenvalue weighted by molar-refractivity contribution is -0.116. The minimum Gasteiger partial charge on any atom is -0.384 e. The number of ketones is 1. The summed E-state index contributed by atoms with van der Waals surface area (Å²) in [4.78, 5) is 15.0. The Hall–Kier alpha value is -2.74. The monoisotopic (exact) mass is 437 g/mol. The van der Waals surface area contributed by atoms with Gasteiger partial charge in [-0.25, -0.2) is 0 Å². The highest BCUT2D eigenvalue weighted by Crippen LogP contribution is 2.47. The van der Waals surface area contributed by atoms with Gasteiger partial charge in [0.1, 0.15) is 5.82 Å². The zero-order chi connectivity index (χ0) is 21.6. The van der Waals surface area contributed by atoms with Gasteiger partial charge in [0.25, 0.3) is 0 Å². The predicted octanol–water partition coefficient (Wildman–Crippen LogP) is 5.92. The molecule has 30 heavy (non-hydrogen) atoms. The highest BCUT2D eigenvalue weighted by molar-refractivity contribution is 6.35. The van der Waals surface area contributed by atoms with Crippen LogP contribution in [0.3, 0.4) is 0 Å². The molecule has 0 radical (unpaired) electrons. The maximum Gasteiger partial charge on any atom is 0.161 e. The average Bonchev–Trinajstić information content (AvgIpc) is 2.68. The van der Waals surface area contributed by atoms with Crippen LogP contribution in [0, 0.1) is 25.2 Å². The van der Waals surface area contributed by atoms with Gasteiger partial charge in [0.15, 0.2) is 5.78 Å². The maximum absolute atomic E-state index is 13.2. The van der Waals surface area contributed by atoms with Crippen molar-refractivity contribution in [3.63, 3.8) is 0 Å². The second kappa shape index (κ2) is 7.83. The first-order valence-corrected chi connectivity index (χ1v) is 10.6. The number of halogens is 2. The van der Waals surface area contributed by atoms with E-state index in [9.17, 15) is 10.1 Å². The summed E-state index contributed by atoms with van der Waals surface area (Å²) in [7, 11) is 0. The maximum atomic E-state index is 13.2. The van der Waals surface area contributed by atoms with Gasteiger partial charge in [-0.15, -0.1) is 0 Å². The Morgan fingerprint density at radius 3 is 2.47 bits per heavy atom. The number of carbonyl (C=O) groups excluding carboxylic acids is 1. The minimum absolute atomic E-state index is 0.0560. The molecule has 1 heterocycles. The lowest BCUT2D eigenvalue weighted by Gasteiger charge is -2.40. The topological polar surface area (TPSA) is 70.1 Å². The van der Waals surface area contributed by atoms with Crippen LogP contribution >= 0.6 is 23.2 Å². The molecule has 0 bridgehead atoms. The van der Waals surface area contributed by atoms with E-state index in [1.807, 2.05) is 32.0 Å². The van der Waals surface area contributed by atoms with Crippen LogP contribution in [0.5, 0.6) is 0 Å². The Kier molecular flexibility index (Phi) is 5.36. The third kappa shape index (κ3) is 3.39.